The third-order valence-electron chi connectivity index (χ3n) is 4.97. The van der Waals surface area contributed by atoms with Crippen molar-refractivity contribution in [3.05, 3.63) is 59.7 Å². The first-order chi connectivity index (χ1) is 12.9. The normalized spacial score (nSPS) is 14.3. The molecule has 1 saturated heterocycles. The van der Waals surface area contributed by atoms with E-state index in [1.807, 2.05) is 24.3 Å². The van der Waals surface area contributed by atoms with Crippen molar-refractivity contribution >= 4 is 11.6 Å². The van der Waals surface area contributed by atoms with Crippen molar-refractivity contribution in [2.24, 2.45) is 0 Å². The predicted octanol–water partition coefficient (Wildman–Crippen LogP) is 4.28. The third-order valence-corrected chi connectivity index (χ3v) is 4.97. The van der Waals surface area contributed by atoms with Gasteiger partial charge in [-0.2, -0.15) is 0 Å². The van der Waals surface area contributed by atoms with E-state index in [-0.39, 0.29) is 17.9 Å². The van der Waals surface area contributed by atoms with Crippen LogP contribution in [0.25, 0.3) is 0 Å². The summed E-state index contributed by atoms with van der Waals surface area (Å²) in [4.78, 5) is 14.7. The van der Waals surface area contributed by atoms with E-state index in [0.29, 0.717) is 6.54 Å². The van der Waals surface area contributed by atoms with Crippen LogP contribution in [0.1, 0.15) is 44.7 Å². The number of carbonyl (C=O) groups excluding carboxylic acids is 1. The molecule has 1 fully saturated rings. The van der Waals surface area contributed by atoms with Crippen LogP contribution in [-0.4, -0.2) is 25.6 Å². The summed E-state index contributed by atoms with van der Waals surface area (Å²) in [6.07, 6.45) is 2.48. The van der Waals surface area contributed by atoms with Crippen LogP contribution < -0.4 is 15.0 Å². The predicted molar refractivity (Wildman–Crippen MR) is 110 cm³/mol. The lowest BCUT2D eigenvalue weighted by Crippen LogP contribution is -2.30. The Balaban J connectivity index is 1.57. The number of rotatable bonds is 6. The molecule has 0 bridgehead atoms. The average Bonchev–Trinajstić information content (AvgIpc) is 3.19. The van der Waals surface area contributed by atoms with Gasteiger partial charge in [-0.05, 0) is 41.5 Å². The van der Waals surface area contributed by atoms with Crippen molar-refractivity contribution in [2.75, 3.05) is 24.6 Å². The number of carbonyl (C=O) groups is 1. The Morgan fingerprint density at radius 3 is 2.44 bits per heavy atom. The number of anilines is 1. The third kappa shape index (κ3) is 5.03. The molecule has 0 spiro atoms. The minimum atomic E-state index is -0.102. The van der Waals surface area contributed by atoms with E-state index in [0.717, 1.165) is 30.0 Å². The Kier molecular flexibility index (Phi) is 6.04. The largest absolute Gasteiger partial charge is 0.483 e. The van der Waals surface area contributed by atoms with Crippen LogP contribution in [0.4, 0.5) is 5.69 Å². The topological polar surface area (TPSA) is 41.6 Å². The van der Waals surface area contributed by atoms with Crippen molar-refractivity contribution in [3.63, 3.8) is 0 Å². The Morgan fingerprint density at radius 2 is 1.70 bits per heavy atom. The molecule has 0 atom stereocenters. The Hall–Kier alpha value is -2.49. The molecule has 1 N–H and O–H groups in total. The maximum Gasteiger partial charge on any atom is 0.258 e. The number of amides is 1. The Morgan fingerprint density at radius 1 is 1.04 bits per heavy atom. The van der Waals surface area contributed by atoms with Crippen molar-refractivity contribution in [3.8, 4) is 5.75 Å². The monoisotopic (exact) mass is 366 g/mol. The van der Waals surface area contributed by atoms with Crippen molar-refractivity contribution < 1.29 is 9.53 Å². The number of nitrogens with one attached hydrogen (secondary N) is 1. The molecule has 3 rings (SSSR count). The van der Waals surface area contributed by atoms with E-state index in [1.54, 1.807) is 0 Å². The summed E-state index contributed by atoms with van der Waals surface area (Å²) in [7, 11) is 0. The molecule has 0 unspecified atom stereocenters. The second kappa shape index (κ2) is 8.47. The first kappa shape index (κ1) is 19.3. The van der Waals surface area contributed by atoms with Crippen LogP contribution in [-0.2, 0) is 16.8 Å². The van der Waals surface area contributed by atoms with E-state index in [1.165, 1.54) is 18.5 Å². The van der Waals surface area contributed by atoms with Gasteiger partial charge in [-0.3, -0.25) is 4.79 Å². The van der Waals surface area contributed by atoms with Crippen LogP contribution >= 0.6 is 0 Å². The van der Waals surface area contributed by atoms with Gasteiger partial charge in [0, 0.05) is 25.3 Å². The summed E-state index contributed by atoms with van der Waals surface area (Å²) in [5.41, 5.74) is 3.47. The molecule has 4 nitrogen and oxygen atoms in total. The fourth-order valence-corrected chi connectivity index (χ4v) is 3.53. The minimum Gasteiger partial charge on any atom is -0.483 e. The smallest absolute Gasteiger partial charge is 0.258 e. The van der Waals surface area contributed by atoms with Crippen LogP contribution in [0.3, 0.4) is 0 Å². The number of benzene rings is 2. The highest BCUT2D eigenvalue weighted by Gasteiger charge is 2.19. The average molecular weight is 367 g/mol. The molecule has 1 aliphatic heterocycles. The first-order valence-electron chi connectivity index (χ1n) is 9.77. The molecule has 0 saturated carbocycles. The van der Waals surface area contributed by atoms with Gasteiger partial charge in [-0.25, -0.2) is 0 Å². The molecule has 27 heavy (non-hydrogen) atoms. The van der Waals surface area contributed by atoms with Crippen LogP contribution in [0.5, 0.6) is 5.75 Å². The lowest BCUT2D eigenvalue weighted by Gasteiger charge is -2.23. The molecule has 1 heterocycles. The van der Waals surface area contributed by atoms with E-state index in [4.69, 9.17) is 4.74 Å². The highest BCUT2D eigenvalue weighted by molar-refractivity contribution is 5.77. The lowest BCUT2D eigenvalue weighted by atomic mass is 9.86. The summed E-state index contributed by atoms with van der Waals surface area (Å²) < 4.78 is 5.82. The summed E-state index contributed by atoms with van der Waals surface area (Å²) in [5, 5.41) is 3.00. The van der Waals surface area contributed by atoms with E-state index >= 15 is 0 Å². The zero-order valence-electron chi connectivity index (χ0n) is 16.6. The lowest BCUT2D eigenvalue weighted by molar-refractivity contribution is -0.123. The quantitative estimate of drug-likeness (QED) is 0.830. The summed E-state index contributed by atoms with van der Waals surface area (Å²) in [6.45, 7) is 9.17. The van der Waals surface area contributed by atoms with Gasteiger partial charge in [-0.1, -0.05) is 57.2 Å². The van der Waals surface area contributed by atoms with E-state index in [9.17, 15) is 4.79 Å². The summed E-state index contributed by atoms with van der Waals surface area (Å²) in [5.74, 6) is 0.674. The van der Waals surface area contributed by atoms with E-state index in [2.05, 4.69) is 55.3 Å². The van der Waals surface area contributed by atoms with Crippen LogP contribution in [0.2, 0.25) is 0 Å². The maximum atomic E-state index is 12.3. The molecule has 4 heteroatoms. The van der Waals surface area contributed by atoms with Crippen molar-refractivity contribution in [1.82, 2.24) is 5.32 Å². The molecule has 2 aromatic rings. The minimum absolute atomic E-state index is 0.0261. The van der Waals surface area contributed by atoms with Gasteiger partial charge < -0.3 is 15.0 Å². The molecule has 0 aliphatic carbocycles. The fourth-order valence-electron chi connectivity index (χ4n) is 3.53. The first-order valence-corrected chi connectivity index (χ1v) is 9.77. The summed E-state index contributed by atoms with van der Waals surface area (Å²) >= 11 is 0. The molecular formula is C23H30N2O2. The summed E-state index contributed by atoms with van der Waals surface area (Å²) in [6, 6.07) is 16.2. The number of hydrogen-bond acceptors (Lipinski definition) is 3. The number of hydrogen-bond donors (Lipinski definition) is 1. The molecule has 1 aliphatic rings. The van der Waals surface area contributed by atoms with Gasteiger partial charge in [0.25, 0.3) is 5.91 Å². The zero-order chi connectivity index (χ0) is 19.3. The maximum absolute atomic E-state index is 12.3. The fraction of sp³-hybridized carbons (Fsp3) is 0.435. The van der Waals surface area contributed by atoms with Gasteiger partial charge in [0.15, 0.2) is 6.61 Å². The Bertz CT molecular complexity index is 774. The van der Waals surface area contributed by atoms with Crippen molar-refractivity contribution in [2.45, 2.75) is 45.6 Å². The standard InChI is InChI=1S/C23H30N2O2/c1-23(2,3)19-11-5-7-13-21(19)27-17-22(26)24-16-18-10-4-6-12-20(18)25-14-8-9-15-25/h4-7,10-13H,8-9,14-17H2,1-3H3,(H,24,26). The van der Waals surface area contributed by atoms with Gasteiger partial charge in [0.05, 0.1) is 0 Å². The Labute approximate surface area is 162 Å². The zero-order valence-corrected chi connectivity index (χ0v) is 16.6. The molecule has 1 amide bonds. The van der Waals surface area contributed by atoms with E-state index < -0.39 is 0 Å². The molecule has 0 aromatic heterocycles. The highest BCUT2D eigenvalue weighted by Crippen LogP contribution is 2.30. The van der Waals surface area contributed by atoms with Crippen molar-refractivity contribution in [1.29, 1.82) is 0 Å². The van der Waals surface area contributed by atoms with Gasteiger partial charge in [-0.15, -0.1) is 0 Å². The number of para-hydroxylation sites is 2. The SMILES string of the molecule is CC(C)(C)c1ccccc1OCC(=O)NCc1ccccc1N1CCCC1. The van der Waals surface area contributed by atoms with Gasteiger partial charge >= 0.3 is 0 Å². The number of ether oxygens (including phenoxy) is 1. The second-order valence-corrected chi connectivity index (χ2v) is 8.13. The van der Waals surface area contributed by atoms with Crippen LogP contribution in [0.15, 0.2) is 48.5 Å². The molecule has 0 radical (unpaired) electrons. The molecule has 144 valence electrons. The molecular weight excluding hydrogens is 336 g/mol. The highest BCUT2D eigenvalue weighted by atomic mass is 16.5. The van der Waals surface area contributed by atoms with Crippen LogP contribution in [0, 0.1) is 0 Å². The van der Waals surface area contributed by atoms with Gasteiger partial charge in [0.1, 0.15) is 5.75 Å². The number of nitrogens with zero attached hydrogens (tertiary/aromatic N) is 1. The second-order valence-electron chi connectivity index (χ2n) is 8.13. The van der Waals surface area contributed by atoms with Gasteiger partial charge in [0.2, 0.25) is 0 Å². The molecule has 2 aromatic carbocycles.